The van der Waals surface area contributed by atoms with Gasteiger partial charge in [-0.15, -0.1) is 0 Å². The molecule has 0 saturated carbocycles. The lowest BCUT2D eigenvalue weighted by Crippen LogP contribution is -1.95. The molecule has 0 amide bonds. The minimum Gasteiger partial charge on any atom is -0.398 e. The molecule has 0 atom stereocenters. The maximum atomic E-state index is 5.93. The van der Waals surface area contributed by atoms with Gasteiger partial charge in [-0.2, -0.15) is 0 Å². The van der Waals surface area contributed by atoms with Gasteiger partial charge in [0.2, 0.25) is 0 Å². The average molecular weight is 249 g/mol. The molecule has 0 aliphatic heterocycles. The largest absolute Gasteiger partial charge is 0.398 e. The van der Waals surface area contributed by atoms with Crippen molar-refractivity contribution >= 4 is 28.0 Å². The molecule has 3 aromatic rings. The molecule has 0 spiro atoms. The summed E-state index contributed by atoms with van der Waals surface area (Å²) in [6.45, 7) is 2.00. The van der Waals surface area contributed by atoms with Crippen molar-refractivity contribution in [2.75, 3.05) is 11.1 Å². The van der Waals surface area contributed by atoms with Gasteiger partial charge in [0.15, 0.2) is 0 Å². The van der Waals surface area contributed by atoms with Crippen molar-refractivity contribution < 1.29 is 0 Å². The highest BCUT2D eigenvalue weighted by atomic mass is 14.9. The summed E-state index contributed by atoms with van der Waals surface area (Å²) >= 11 is 0. The number of nitrogen functional groups attached to an aromatic ring is 1. The van der Waals surface area contributed by atoms with Crippen LogP contribution in [0.4, 0.5) is 17.1 Å². The molecule has 1 aromatic heterocycles. The van der Waals surface area contributed by atoms with Crippen molar-refractivity contribution in [2.24, 2.45) is 0 Å². The van der Waals surface area contributed by atoms with E-state index in [1.807, 2.05) is 49.4 Å². The van der Waals surface area contributed by atoms with E-state index in [4.69, 9.17) is 5.73 Å². The number of aryl methyl sites for hydroxylation is 1. The number of rotatable bonds is 2. The van der Waals surface area contributed by atoms with Crippen molar-refractivity contribution in [3.8, 4) is 0 Å². The number of aromatic nitrogens is 1. The molecular weight excluding hydrogens is 234 g/mol. The Hall–Kier alpha value is -2.55. The van der Waals surface area contributed by atoms with Crippen molar-refractivity contribution in [3.63, 3.8) is 0 Å². The summed E-state index contributed by atoms with van der Waals surface area (Å²) in [5.74, 6) is 0. The van der Waals surface area contributed by atoms with Gasteiger partial charge in [0, 0.05) is 28.6 Å². The molecule has 0 bridgehead atoms. The zero-order chi connectivity index (χ0) is 13.2. The number of pyridine rings is 1. The monoisotopic (exact) mass is 249 g/mol. The van der Waals surface area contributed by atoms with Crippen LogP contribution in [0.1, 0.15) is 5.56 Å². The number of anilines is 3. The molecule has 0 aliphatic rings. The lowest BCUT2D eigenvalue weighted by atomic mass is 10.1. The summed E-state index contributed by atoms with van der Waals surface area (Å²) in [7, 11) is 0. The van der Waals surface area contributed by atoms with Gasteiger partial charge < -0.3 is 11.1 Å². The smallest absolute Gasteiger partial charge is 0.0722 e. The van der Waals surface area contributed by atoms with Crippen LogP contribution >= 0.6 is 0 Å². The van der Waals surface area contributed by atoms with Gasteiger partial charge in [0.1, 0.15) is 0 Å². The SMILES string of the molecule is Cc1ccc(Nc2cccc3ncccc23)cc1N. The number of nitrogens with two attached hydrogens (primary N) is 1. The number of fused-ring (bicyclic) bond motifs is 1. The van der Waals surface area contributed by atoms with Gasteiger partial charge in [0.05, 0.1) is 5.52 Å². The maximum Gasteiger partial charge on any atom is 0.0722 e. The Bertz CT molecular complexity index is 730. The minimum atomic E-state index is 0.795. The molecule has 3 nitrogen and oxygen atoms in total. The zero-order valence-electron chi connectivity index (χ0n) is 10.7. The van der Waals surface area contributed by atoms with Crippen LogP contribution in [0.25, 0.3) is 10.9 Å². The molecule has 0 unspecified atom stereocenters. The second-order valence-electron chi connectivity index (χ2n) is 4.57. The van der Waals surface area contributed by atoms with E-state index in [9.17, 15) is 0 Å². The van der Waals surface area contributed by atoms with Crippen molar-refractivity contribution in [1.82, 2.24) is 4.98 Å². The first-order valence-electron chi connectivity index (χ1n) is 6.21. The third kappa shape index (κ3) is 2.22. The van der Waals surface area contributed by atoms with Gasteiger partial charge >= 0.3 is 0 Å². The Morgan fingerprint density at radius 3 is 2.79 bits per heavy atom. The zero-order valence-corrected chi connectivity index (χ0v) is 10.7. The fourth-order valence-electron chi connectivity index (χ4n) is 2.09. The highest BCUT2D eigenvalue weighted by Gasteiger charge is 2.02. The van der Waals surface area contributed by atoms with Crippen LogP contribution in [0, 0.1) is 6.92 Å². The highest BCUT2D eigenvalue weighted by Crippen LogP contribution is 2.26. The van der Waals surface area contributed by atoms with Crippen LogP contribution in [0.3, 0.4) is 0 Å². The Morgan fingerprint density at radius 2 is 1.95 bits per heavy atom. The molecule has 3 N–H and O–H groups in total. The number of hydrogen-bond donors (Lipinski definition) is 2. The third-order valence-electron chi connectivity index (χ3n) is 3.20. The molecule has 2 aromatic carbocycles. The van der Waals surface area contributed by atoms with Gasteiger partial charge in [-0.1, -0.05) is 12.1 Å². The topological polar surface area (TPSA) is 50.9 Å². The standard InChI is InChI=1S/C16H15N3/c1-11-7-8-12(10-14(11)17)19-16-6-2-5-15-13(16)4-3-9-18-15/h2-10,19H,17H2,1H3. The van der Waals surface area contributed by atoms with E-state index in [1.165, 1.54) is 0 Å². The first-order chi connectivity index (χ1) is 9.24. The van der Waals surface area contributed by atoms with Crippen LogP contribution in [-0.4, -0.2) is 4.98 Å². The van der Waals surface area contributed by atoms with Crippen LogP contribution in [0.15, 0.2) is 54.7 Å². The predicted molar refractivity (Wildman–Crippen MR) is 80.6 cm³/mol. The van der Waals surface area contributed by atoms with Gasteiger partial charge in [-0.05, 0) is 48.9 Å². The molecular formula is C16H15N3. The van der Waals surface area contributed by atoms with Gasteiger partial charge in [0.25, 0.3) is 0 Å². The summed E-state index contributed by atoms with van der Waals surface area (Å²) in [6, 6.07) is 16.0. The molecule has 0 fully saturated rings. The van der Waals surface area contributed by atoms with E-state index >= 15 is 0 Å². The molecule has 1 heterocycles. The second-order valence-corrected chi connectivity index (χ2v) is 4.57. The maximum absolute atomic E-state index is 5.93. The normalized spacial score (nSPS) is 10.6. The third-order valence-corrected chi connectivity index (χ3v) is 3.20. The van der Waals surface area contributed by atoms with Crippen molar-refractivity contribution in [1.29, 1.82) is 0 Å². The molecule has 0 radical (unpaired) electrons. The van der Waals surface area contributed by atoms with Crippen LogP contribution in [0.2, 0.25) is 0 Å². The van der Waals surface area contributed by atoms with Crippen LogP contribution in [0.5, 0.6) is 0 Å². The molecule has 3 heteroatoms. The summed E-state index contributed by atoms with van der Waals surface area (Å²) in [5.41, 5.74) is 10.8. The molecule has 0 saturated heterocycles. The van der Waals surface area contributed by atoms with E-state index < -0.39 is 0 Å². The number of benzene rings is 2. The van der Waals surface area contributed by atoms with E-state index in [-0.39, 0.29) is 0 Å². The summed E-state index contributed by atoms with van der Waals surface area (Å²) in [6.07, 6.45) is 1.80. The van der Waals surface area contributed by atoms with E-state index in [1.54, 1.807) is 6.20 Å². The Kier molecular flexibility index (Phi) is 2.80. The van der Waals surface area contributed by atoms with Gasteiger partial charge in [-0.25, -0.2) is 0 Å². The van der Waals surface area contributed by atoms with Crippen molar-refractivity contribution in [3.05, 3.63) is 60.3 Å². The molecule has 3 rings (SSSR count). The second kappa shape index (κ2) is 4.61. The Balaban J connectivity index is 2.03. The van der Waals surface area contributed by atoms with Crippen LogP contribution < -0.4 is 11.1 Å². The van der Waals surface area contributed by atoms with Crippen molar-refractivity contribution in [2.45, 2.75) is 6.92 Å². The lowest BCUT2D eigenvalue weighted by Gasteiger charge is -2.10. The summed E-state index contributed by atoms with van der Waals surface area (Å²) < 4.78 is 0. The average Bonchev–Trinajstić information content (AvgIpc) is 2.43. The minimum absolute atomic E-state index is 0.795. The first kappa shape index (κ1) is 11.5. The Labute approximate surface area is 112 Å². The molecule has 0 aliphatic carbocycles. The molecule has 19 heavy (non-hydrogen) atoms. The quantitative estimate of drug-likeness (QED) is 0.678. The lowest BCUT2D eigenvalue weighted by molar-refractivity contribution is 1.41. The fourth-order valence-corrected chi connectivity index (χ4v) is 2.09. The fraction of sp³-hybridized carbons (Fsp3) is 0.0625. The summed E-state index contributed by atoms with van der Waals surface area (Å²) in [4.78, 5) is 4.35. The number of hydrogen-bond acceptors (Lipinski definition) is 3. The predicted octanol–water partition coefficient (Wildman–Crippen LogP) is 3.87. The molecule has 94 valence electrons. The van der Waals surface area contributed by atoms with E-state index in [2.05, 4.69) is 16.4 Å². The number of nitrogens with zero attached hydrogens (tertiary/aromatic N) is 1. The van der Waals surface area contributed by atoms with E-state index in [0.717, 1.165) is 33.5 Å². The Morgan fingerprint density at radius 1 is 1.05 bits per heavy atom. The van der Waals surface area contributed by atoms with E-state index in [0.29, 0.717) is 0 Å². The number of nitrogens with one attached hydrogen (secondary N) is 1. The van der Waals surface area contributed by atoms with Gasteiger partial charge in [-0.3, -0.25) is 4.98 Å². The highest BCUT2D eigenvalue weighted by molar-refractivity contribution is 5.93. The summed E-state index contributed by atoms with van der Waals surface area (Å²) in [5, 5.41) is 4.50. The first-order valence-corrected chi connectivity index (χ1v) is 6.21. The van der Waals surface area contributed by atoms with Crippen LogP contribution in [-0.2, 0) is 0 Å².